The molecule has 0 unspecified atom stereocenters. The van der Waals surface area contributed by atoms with E-state index in [4.69, 9.17) is 39.1 Å². The highest BCUT2D eigenvalue weighted by Gasteiger charge is 2.29. The summed E-state index contributed by atoms with van der Waals surface area (Å²) in [6.45, 7) is 6.27. The van der Waals surface area contributed by atoms with Crippen LogP contribution in [0.2, 0.25) is 0 Å². The highest BCUT2D eigenvalue weighted by Crippen LogP contribution is 2.37. The largest absolute Gasteiger partial charge is 0.495 e. The van der Waals surface area contributed by atoms with Gasteiger partial charge in [0.05, 0.1) is 62.9 Å². The molecular formula is C54H56F2N10O4. The van der Waals surface area contributed by atoms with Gasteiger partial charge in [-0.2, -0.15) is 10.2 Å². The number of fused-ring (bicyclic) bond motifs is 2. The number of halogens is 2. The number of imidazole rings is 2. The number of rotatable bonds is 14. The standard InChI is InChI=1S/2C27H28FN5O2/c2*1-18-15-32(17-29-18)24-10-6-19(13-25(24)35-3)7-11-26-30-27-23(5-4-12-33(27)31-26)22-9-8-21(28)14-20(22)16-34-2/h2*6-11,13-15,17,23H,4-5,12,16H2,1-3H3/b2*11-7+/t2*23-/m10/s1. The number of aromatic nitrogens is 10. The third kappa shape index (κ3) is 10.5. The van der Waals surface area contributed by atoms with Crippen molar-refractivity contribution in [1.29, 1.82) is 0 Å². The molecule has 2 aliphatic rings. The van der Waals surface area contributed by atoms with E-state index in [-0.39, 0.29) is 23.5 Å². The fourth-order valence-corrected chi connectivity index (χ4v) is 9.33. The predicted octanol–water partition coefficient (Wildman–Crippen LogP) is 10.3. The quantitative estimate of drug-likeness (QED) is 0.104. The fraction of sp³-hybridized carbons (Fsp3) is 0.296. The van der Waals surface area contributed by atoms with E-state index in [1.165, 1.54) is 12.1 Å². The molecule has 0 spiro atoms. The van der Waals surface area contributed by atoms with Crippen LogP contribution in [-0.2, 0) is 35.8 Å². The fourth-order valence-electron chi connectivity index (χ4n) is 9.33. The van der Waals surface area contributed by atoms with Crippen LogP contribution in [0.3, 0.4) is 0 Å². The summed E-state index contributed by atoms with van der Waals surface area (Å²) in [4.78, 5) is 18.3. The lowest BCUT2D eigenvalue weighted by atomic mass is 9.88. The van der Waals surface area contributed by atoms with E-state index in [1.807, 2.05) is 118 Å². The van der Waals surface area contributed by atoms with E-state index in [9.17, 15) is 8.78 Å². The van der Waals surface area contributed by atoms with Gasteiger partial charge in [-0.15, -0.1) is 0 Å². The first-order valence-corrected chi connectivity index (χ1v) is 23.3. The molecule has 0 N–H and O–H groups in total. The first-order valence-electron chi connectivity index (χ1n) is 23.3. The van der Waals surface area contributed by atoms with Gasteiger partial charge in [-0.3, -0.25) is 0 Å². The smallest absolute Gasteiger partial charge is 0.174 e. The van der Waals surface area contributed by atoms with E-state index in [0.717, 1.165) is 118 Å². The lowest BCUT2D eigenvalue weighted by Gasteiger charge is -2.24. The van der Waals surface area contributed by atoms with Crippen LogP contribution < -0.4 is 9.47 Å². The molecule has 360 valence electrons. The molecule has 4 aromatic carbocycles. The van der Waals surface area contributed by atoms with Crippen molar-refractivity contribution in [2.45, 2.75) is 77.7 Å². The minimum atomic E-state index is -0.258. The predicted molar refractivity (Wildman–Crippen MR) is 264 cm³/mol. The first-order chi connectivity index (χ1) is 34.1. The van der Waals surface area contributed by atoms with Gasteiger partial charge in [-0.1, -0.05) is 36.4 Å². The molecule has 2 atom stereocenters. The molecule has 0 amide bonds. The topological polar surface area (TPSA) is 134 Å². The van der Waals surface area contributed by atoms with Crippen LogP contribution in [0, 0.1) is 25.5 Å². The van der Waals surface area contributed by atoms with E-state index in [0.29, 0.717) is 24.9 Å². The average Bonchev–Trinajstić information content (AvgIpc) is 4.20. The minimum Gasteiger partial charge on any atom is -0.495 e. The Morgan fingerprint density at radius 1 is 0.571 bits per heavy atom. The van der Waals surface area contributed by atoms with Crippen molar-refractivity contribution >= 4 is 24.3 Å². The third-order valence-electron chi connectivity index (χ3n) is 12.6. The molecule has 4 aromatic heterocycles. The number of nitrogens with zero attached hydrogens (tertiary/aromatic N) is 10. The van der Waals surface area contributed by atoms with E-state index < -0.39 is 0 Å². The second-order valence-electron chi connectivity index (χ2n) is 17.4. The van der Waals surface area contributed by atoms with Gasteiger partial charge in [0.15, 0.2) is 11.6 Å². The summed E-state index contributed by atoms with van der Waals surface area (Å²) in [7, 11) is 6.57. The van der Waals surface area contributed by atoms with Gasteiger partial charge in [-0.05, 0) is 134 Å². The minimum absolute atomic E-state index is 0.0576. The van der Waals surface area contributed by atoms with Crippen molar-refractivity contribution in [3.8, 4) is 22.9 Å². The second-order valence-corrected chi connectivity index (χ2v) is 17.4. The van der Waals surface area contributed by atoms with Gasteiger partial charge in [-0.25, -0.2) is 38.1 Å². The maximum atomic E-state index is 13.9. The van der Waals surface area contributed by atoms with Crippen molar-refractivity contribution in [2.24, 2.45) is 0 Å². The Morgan fingerprint density at radius 3 is 1.40 bits per heavy atom. The van der Waals surface area contributed by atoms with Gasteiger partial charge in [0.25, 0.3) is 0 Å². The number of ether oxygens (including phenoxy) is 4. The van der Waals surface area contributed by atoms with E-state index in [1.54, 1.807) is 53.2 Å². The highest BCUT2D eigenvalue weighted by molar-refractivity contribution is 5.70. The summed E-state index contributed by atoms with van der Waals surface area (Å²) in [6.07, 6.45) is 19.1. The van der Waals surface area contributed by atoms with Gasteiger partial charge in [0.2, 0.25) is 0 Å². The normalized spacial score (nSPS) is 15.5. The SMILES string of the molecule is COCc1cc(F)ccc1[C@@H]1CCCn2nc(/C=C/c3ccc(-n4cnc(C)c4)c(OC)c3)nc21.COCc1cc(F)ccc1[C@H]1CCCn2nc(/C=C/c3ccc(-n4cnc(C)c4)c(OC)c3)nc21. The first kappa shape index (κ1) is 47.5. The van der Waals surface area contributed by atoms with Crippen LogP contribution in [0.15, 0.2) is 97.8 Å². The van der Waals surface area contributed by atoms with Crippen LogP contribution in [0.4, 0.5) is 8.78 Å². The van der Waals surface area contributed by atoms with Gasteiger partial charge in [0, 0.05) is 51.5 Å². The zero-order valence-electron chi connectivity index (χ0n) is 40.2. The Balaban J connectivity index is 0.000000174. The molecule has 8 aromatic rings. The summed E-state index contributed by atoms with van der Waals surface area (Å²) in [5, 5.41) is 9.43. The molecule has 0 radical (unpaired) electrons. The van der Waals surface area contributed by atoms with Gasteiger partial charge < -0.3 is 28.1 Å². The second kappa shape index (κ2) is 21.4. The lowest BCUT2D eigenvalue weighted by molar-refractivity contribution is 0.183. The molecule has 0 fully saturated rings. The van der Waals surface area contributed by atoms with E-state index >= 15 is 0 Å². The summed E-state index contributed by atoms with van der Waals surface area (Å²) < 4.78 is 57.4. The summed E-state index contributed by atoms with van der Waals surface area (Å²) >= 11 is 0. The maximum Gasteiger partial charge on any atom is 0.174 e. The lowest BCUT2D eigenvalue weighted by Crippen LogP contribution is -2.19. The van der Waals surface area contributed by atoms with Crippen LogP contribution in [0.5, 0.6) is 11.5 Å². The Labute approximate surface area is 405 Å². The van der Waals surface area contributed by atoms with E-state index in [2.05, 4.69) is 9.97 Å². The van der Waals surface area contributed by atoms with Crippen molar-refractivity contribution in [2.75, 3.05) is 28.4 Å². The number of hydrogen-bond donors (Lipinski definition) is 0. The molecule has 0 saturated heterocycles. The van der Waals surface area contributed by atoms with Crippen LogP contribution in [0.25, 0.3) is 35.7 Å². The molecule has 6 heterocycles. The Morgan fingerprint density at radius 2 is 1.01 bits per heavy atom. The Hall–Kier alpha value is -7.56. The molecule has 0 saturated carbocycles. The molecule has 14 nitrogen and oxygen atoms in total. The number of benzene rings is 4. The van der Waals surface area contributed by atoms with Crippen molar-refractivity contribution in [3.05, 3.63) is 178 Å². The van der Waals surface area contributed by atoms with Gasteiger partial charge in [0.1, 0.15) is 34.8 Å². The zero-order valence-corrected chi connectivity index (χ0v) is 40.2. The Bertz CT molecular complexity index is 2960. The summed E-state index contributed by atoms with van der Waals surface area (Å²) in [5.41, 5.74) is 9.50. The summed E-state index contributed by atoms with van der Waals surface area (Å²) in [6, 6.07) is 21.8. The molecule has 70 heavy (non-hydrogen) atoms. The van der Waals surface area contributed by atoms with Crippen molar-refractivity contribution < 1.29 is 27.7 Å². The average molecular weight is 947 g/mol. The molecule has 0 aliphatic carbocycles. The Kier molecular flexibility index (Phi) is 14.5. The molecule has 2 aliphatic heterocycles. The monoisotopic (exact) mass is 946 g/mol. The number of hydrogen-bond acceptors (Lipinski definition) is 10. The van der Waals surface area contributed by atoms with Crippen molar-refractivity contribution in [1.82, 2.24) is 48.6 Å². The molecule has 0 bridgehead atoms. The molecular weight excluding hydrogens is 891 g/mol. The number of aryl methyl sites for hydroxylation is 4. The van der Waals surface area contributed by atoms with Gasteiger partial charge >= 0.3 is 0 Å². The maximum absolute atomic E-state index is 13.9. The molecule has 16 heteroatoms. The number of methoxy groups -OCH3 is 4. The van der Waals surface area contributed by atoms with Crippen molar-refractivity contribution in [3.63, 3.8) is 0 Å². The third-order valence-corrected chi connectivity index (χ3v) is 12.6. The van der Waals surface area contributed by atoms with Crippen LogP contribution in [0.1, 0.15) is 106 Å². The highest BCUT2D eigenvalue weighted by atomic mass is 19.1. The van der Waals surface area contributed by atoms with Crippen LogP contribution >= 0.6 is 0 Å². The summed E-state index contributed by atoms with van der Waals surface area (Å²) in [5.74, 6) is 4.21. The zero-order chi connectivity index (χ0) is 48.7. The van der Waals surface area contributed by atoms with Crippen LogP contribution in [-0.4, -0.2) is 77.1 Å². The molecule has 10 rings (SSSR count).